The normalized spacial score (nSPS) is 17.2. The van der Waals surface area contributed by atoms with Crippen LogP contribution in [0, 0.1) is 11.3 Å². The summed E-state index contributed by atoms with van der Waals surface area (Å²) in [7, 11) is 0. The highest BCUT2D eigenvalue weighted by atomic mass is 16.5. The number of ether oxygens (including phenoxy) is 1. The van der Waals surface area contributed by atoms with Crippen LogP contribution in [0.3, 0.4) is 0 Å². The summed E-state index contributed by atoms with van der Waals surface area (Å²) in [4.78, 5) is 10.8. The van der Waals surface area contributed by atoms with E-state index in [1.807, 2.05) is 35.2 Å². The number of hydrogen-bond donors (Lipinski definition) is 0. The molecule has 1 saturated heterocycles. The molecule has 4 rings (SSSR count). The average molecular weight is 333 g/mol. The third kappa shape index (κ3) is 3.07. The Bertz CT molecular complexity index is 903. The van der Waals surface area contributed by atoms with Crippen LogP contribution in [-0.2, 0) is 4.74 Å². The summed E-state index contributed by atoms with van der Waals surface area (Å²) in [5.41, 5.74) is 1.41. The van der Waals surface area contributed by atoms with Crippen LogP contribution in [0.4, 0.5) is 5.82 Å². The summed E-state index contributed by atoms with van der Waals surface area (Å²) in [6.45, 7) is 1.67. The molecule has 1 aliphatic rings. The second-order valence-corrected chi connectivity index (χ2v) is 5.62. The molecule has 2 aromatic heterocycles. The zero-order chi connectivity index (χ0) is 17.1. The average Bonchev–Trinajstić information content (AvgIpc) is 3.19. The molecule has 124 valence electrons. The minimum absolute atomic E-state index is 0.330. The molecule has 0 radical (unpaired) electrons. The van der Waals surface area contributed by atoms with Crippen molar-refractivity contribution in [1.29, 1.82) is 5.26 Å². The first kappa shape index (κ1) is 15.3. The predicted octanol–water partition coefficient (Wildman–Crippen LogP) is 2.58. The zero-order valence-electron chi connectivity index (χ0n) is 13.4. The monoisotopic (exact) mass is 333 g/mol. The Hall–Kier alpha value is -3.24. The van der Waals surface area contributed by atoms with Gasteiger partial charge in [-0.3, -0.25) is 0 Å². The van der Waals surface area contributed by atoms with E-state index in [0.717, 1.165) is 5.56 Å². The van der Waals surface area contributed by atoms with Gasteiger partial charge in [0.25, 0.3) is 5.89 Å². The maximum Gasteiger partial charge on any atom is 0.258 e. The fourth-order valence-electron chi connectivity index (χ4n) is 2.80. The summed E-state index contributed by atoms with van der Waals surface area (Å²) in [5, 5.41) is 13.3. The van der Waals surface area contributed by atoms with Crippen LogP contribution in [-0.4, -0.2) is 34.8 Å². The van der Waals surface area contributed by atoms with Crippen LogP contribution in [0.25, 0.3) is 11.5 Å². The second kappa shape index (κ2) is 6.71. The van der Waals surface area contributed by atoms with Gasteiger partial charge in [-0.15, -0.1) is 0 Å². The molecule has 25 heavy (non-hydrogen) atoms. The third-order valence-electron chi connectivity index (χ3n) is 4.02. The van der Waals surface area contributed by atoms with Crippen LogP contribution in [0.1, 0.15) is 17.5 Å². The molecule has 1 atom stereocenters. The number of anilines is 1. The van der Waals surface area contributed by atoms with Crippen molar-refractivity contribution < 1.29 is 9.26 Å². The highest BCUT2D eigenvalue weighted by Gasteiger charge is 2.28. The van der Waals surface area contributed by atoms with Gasteiger partial charge in [0.05, 0.1) is 18.7 Å². The highest BCUT2D eigenvalue weighted by Crippen LogP contribution is 2.27. The van der Waals surface area contributed by atoms with Gasteiger partial charge >= 0.3 is 0 Å². The lowest BCUT2D eigenvalue weighted by Gasteiger charge is -2.32. The quantitative estimate of drug-likeness (QED) is 0.728. The molecule has 3 aromatic rings. The molecule has 0 N–H and O–H groups in total. The Morgan fingerprint density at radius 2 is 2.04 bits per heavy atom. The maximum atomic E-state index is 9.27. The number of hydrogen-bond acceptors (Lipinski definition) is 7. The van der Waals surface area contributed by atoms with Gasteiger partial charge in [0, 0.05) is 18.3 Å². The number of pyridine rings is 1. The van der Waals surface area contributed by atoms with Crippen LogP contribution in [0.5, 0.6) is 0 Å². The second-order valence-electron chi connectivity index (χ2n) is 5.62. The van der Waals surface area contributed by atoms with Crippen LogP contribution >= 0.6 is 0 Å². The molecule has 7 nitrogen and oxygen atoms in total. The van der Waals surface area contributed by atoms with E-state index in [1.165, 1.54) is 0 Å². The van der Waals surface area contributed by atoms with E-state index in [4.69, 9.17) is 9.26 Å². The molecular weight excluding hydrogens is 318 g/mol. The Kier molecular flexibility index (Phi) is 4.11. The van der Waals surface area contributed by atoms with Crippen LogP contribution < -0.4 is 4.90 Å². The number of rotatable bonds is 3. The molecule has 3 heterocycles. The van der Waals surface area contributed by atoms with Gasteiger partial charge in [0.15, 0.2) is 0 Å². The Morgan fingerprint density at radius 1 is 1.16 bits per heavy atom. The lowest BCUT2D eigenvalue weighted by Crippen LogP contribution is -2.39. The van der Waals surface area contributed by atoms with Gasteiger partial charge in [-0.2, -0.15) is 10.2 Å². The molecule has 0 amide bonds. The Morgan fingerprint density at radius 3 is 2.88 bits per heavy atom. The first-order chi connectivity index (χ1) is 12.3. The van der Waals surface area contributed by atoms with Gasteiger partial charge < -0.3 is 14.2 Å². The number of aromatic nitrogens is 3. The summed E-state index contributed by atoms with van der Waals surface area (Å²) in [5.74, 6) is 1.62. The lowest BCUT2D eigenvalue weighted by molar-refractivity contribution is 0.0323. The summed E-state index contributed by atoms with van der Waals surface area (Å²) >= 11 is 0. The number of nitrogens with zero attached hydrogens (tertiary/aromatic N) is 5. The fourth-order valence-corrected chi connectivity index (χ4v) is 2.80. The minimum Gasteiger partial charge on any atom is -0.366 e. The van der Waals surface area contributed by atoms with Crippen molar-refractivity contribution in [2.75, 3.05) is 24.6 Å². The van der Waals surface area contributed by atoms with Gasteiger partial charge in [-0.25, -0.2) is 4.98 Å². The van der Waals surface area contributed by atoms with Crippen molar-refractivity contribution in [3.63, 3.8) is 0 Å². The highest BCUT2D eigenvalue weighted by molar-refractivity contribution is 5.54. The van der Waals surface area contributed by atoms with E-state index in [-0.39, 0.29) is 6.10 Å². The maximum absolute atomic E-state index is 9.27. The van der Waals surface area contributed by atoms with Gasteiger partial charge in [-0.1, -0.05) is 23.4 Å². The van der Waals surface area contributed by atoms with Crippen molar-refractivity contribution >= 4 is 5.82 Å². The van der Waals surface area contributed by atoms with Crippen molar-refractivity contribution in [2.45, 2.75) is 6.10 Å². The third-order valence-corrected chi connectivity index (χ3v) is 4.02. The van der Waals surface area contributed by atoms with E-state index in [2.05, 4.69) is 21.2 Å². The first-order valence-corrected chi connectivity index (χ1v) is 7.96. The minimum atomic E-state index is -0.330. The lowest BCUT2D eigenvalue weighted by atomic mass is 10.2. The first-order valence-electron chi connectivity index (χ1n) is 7.96. The van der Waals surface area contributed by atoms with Crippen molar-refractivity contribution in [2.24, 2.45) is 0 Å². The van der Waals surface area contributed by atoms with Crippen molar-refractivity contribution in [3.8, 4) is 17.5 Å². The molecular formula is C18H15N5O2. The van der Waals surface area contributed by atoms with Crippen LogP contribution in [0.2, 0.25) is 0 Å². The van der Waals surface area contributed by atoms with E-state index in [9.17, 15) is 5.26 Å². The van der Waals surface area contributed by atoms with E-state index in [1.54, 1.807) is 18.3 Å². The predicted molar refractivity (Wildman–Crippen MR) is 89.6 cm³/mol. The van der Waals surface area contributed by atoms with Gasteiger partial charge in [0.2, 0.25) is 5.82 Å². The molecule has 1 aromatic carbocycles. The molecule has 0 aliphatic carbocycles. The largest absolute Gasteiger partial charge is 0.366 e. The Labute approximate surface area is 144 Å². The standard InChI is InChI=1S/C18H15N5O2/c19-11-14-7-4-8-20-17(14)23-9-10-24-15(12-23)16-21-18(25-22-16)13-5-2-1-3-6-13/h1-8,15H,9-10,12H2/t15-/m1/s1. The SMILES string of the molecule is N#Cc1cccnc1N1CCO[C@@H](c2noc(-c3ccccc3)n2)C1. The van der Waals surface area contributed by atoms with Crippen molar-refractivity contribution in [1.82, 2.24) is 15.1 Å². The molecule has 0 bridgehead atoms. The van der Waals surface area contributed by atoms with E-state index in [0.29, 0.717) is 42.8 Å². The van der Waals surface area contributed by atoms with Gasteiger partial charge in [-0.05, 0) is 24.3 Å². The van der Waals surface area contributed by atoms with Crippen molar-refractivity contribution in [3.05, 3.63) is 60.0 Å². The van der Waals surface area contributed by atoms with Gasteiger partial charge in [0.1, 0.15) is 18.0 Å². The molecule has 0 unspecified atom stereocenters. The summed E-state index contributed by atoms with van der Waals surface area (Å²) in [6.07, 6.45) is 1.35. The number of nitriles is 1. The fraction of sp³-hybridized carbons (Fsp3) is 0.222. The van der Waals surface area contributed by atoms with Crippen LogP contribution in [0.15, 0.2) is 53.2 Å². The van der Waals surface area contributed by atoms with E-state index < -0.39 is 0 Å². The molecule has 1 aliphatic heterocycles. The van der Waals surface area contributed by atoms with E-state index >= 15 is 0 Å². The Balaban J connectivity index is 1.56. The smallest absolute Gasteiger partial charge is 0.258 e. The summed E-state index contributed by atoms with van der Waals surface area (Å²) < 4.78 is 11.2. The molecule has 0 saturated carbocycles. The summed E-state index contributed by atoms with van der Waals surface area (Å²) in [6, 6.07) is 15.3. The number of benzene rings is 1. The molecule has 7 heteroatoms. The molecule has 1 fully saturated rings. The number of morpholine rings is 1. The zero-order valence-corrected chi connectivity index (χ0v) is 13.4. The molecule has 0 spiro atoms. The topological polar surface area (TPSA) is 88.1 Å².